The van der Waals surface area contributed by atoms with Gasteiger partial charge in [0.25, 0.3) is 0 Å². The molecule has 2 rings (SSSR count). The van der Waals surface area contributed by atoms with Gasteiger partial charge in [0.15, 0.2) is 5.78 Å². The summed E-state index contributed by atoms with van der Waals surface area (Å²) in [5.41, 5.74) is 0.490. The van der Waals surface area contributed by atoms with E-state index in [9.17, 15) is 4.79 Å². The van der Waals surface area contributed by atoms with Gasteiger partial charge in [0, 0.05) is 39.3 Å². The summed E-state index contributed by atoms with van der Waals surface area (Å²) in [6, 6.07) is 1.65. The molecule has 17 heavy (non-hydrogen) atoms. The van der Waals surface area contributed by atoms with Crippen LogP contribution in [0.1, 0.15) is 17.4 Å². The van der Waals surface area contributed by atoms with E-state index in [0.717, 1.165) is 26.2 Å². The molecule has 0 aliphatic carbocycles. The lowest BCUT2D eigenvalue weighted by Gasteiger charge is -2.32. The predicted octanol–water partition coefficient (Wildman–Crippen LogP) is 1.01. The molecule has 0 aromatic carbocycles. The molecule has 1 fully saturated rings. The second kappa shape index (κ2) is 6.07. The van der Waals surface area contributed by atoms with E-state index in [0.29, 0.717) is 11.6 Å². The summed E-state index contributed by atoms with van der Waals surface area (Å²) in [5, 5.41) is 0. The maximum absolute atomic E-state index is 11.2. The Morgan fingerprint density at radius 1 is 1.29 bits per heavy atom. The van der Waals surface area contributed by atoms with Gasteiger partial charge in [-0.3, -0.25) is 4.79 Å². The Morgan fingerprint density at radius 2 is 1.94 bits per heavy atom. The van der Waals surface area contributed by atoms with Crippen LogP contribution in [-0.4, -0.2) is 53.9 Å². The molecule has 0 amide bonds. The Morgan fingerprint density at radius 3 is 2.53 bits per heavy atom. The summed E-state index contributed by atoms with van der Waals surface area (Å²) < 4.78 is 0. The molecule has 5 nitrogen and oxygen atoms in total. The van der Waals surface area contributed by atoms with Crippen LogP contribution in [0.5, 0.6) is 0 Å². The van der Waals surface area contributed by atoms with Gasteiger partial charge in [-0.1, -0.05) is 0 Å². The fourth-order valence-electron chi connectivity index (χ4n) is 1.70. The molecule has 0 bridgehead atoms. The number of likely N-dealkylation sites (N-methyl/N-ethyl adjacent to an activating group) is 1. The fourth-order valence-corrected chi connectivity index (χ4v) is 1.70. The Bertz CT molecular complexity index is 391. The van der Waals surface area contributed by atoms with Crippen LogP contribution in [0.25, 0.3) is 0 Å². The van der Waals surface area contributed by atoms with Crippen molar-refractivity contribution in [3.8, 4) is 0 Å². The average molecular weight is 301 g/mol. The summed E-state index contributed by atoms with van der Waals surface area (Å²) in [4.78, 5) is 24.1. The first-order valence-corrected chi connectivity index (χ1v) is 5.44. The van der Waals surface area contributed by atoms with Gasteiger partial charge in [-0.05, 0) is 13.1 Å². The number of ketones is 1. The fraction of sp³-hybridized carbons (Fsp3) is 0.545. The highest BCUT2D eigenvalue weighted by atomic mass is 79.9. The molecule has 0 N–H and O–H groups in total. The zero-order valence-corrected chi connectivity index (χ0v) is 11.8. The first-order valence-electron chi connectivity index (χ1n) is 5.44. The number of hydrogen-bond acceptors (Lipinski definition) is 5. The molecule has 0 spiro atoms. The van der Waals surface area contributed by atoms with Crippen molar-refractivity contribution in [3.63, 3.8) is 0 Å². The van der Waals surface area contributed by atoms with E-state index in [1.54, 1.807) is 12.3 Å². The number of nitrogens with zero attached hydrogens (tertiary/aromatic N) is 4. The van der Waals surface area contributed by atoms with Crippen LogP contribution in [0.3, 0.4) is 0 Å². The van der Waals surface area contributed by atoms with E-state index in [1.165, 1.54) is 6.92 Å². The number of rotatable bonds is 2. The van der Waals surface area contributed by atoms with Gasteiger partial charge in [0.2, 0.25) is 5.95 Å². The van der Waals surface area contributed by atoms with Crippen molar-refractivity contribution in [1.82, 2.24) is 14.9 Å². The van der Waals surface area contributed by atoms with E-state index >= 15 is 0 Å². The largest absolute Gasteiger partial charge is 0.338 e. The van der Waals surface area contributed by atoms with Gasteiger partial charge in [0.05, 0.1) is 0 Å². The number of halogens is 1. The Hall–Kier alpha value is -1.01. The van der Waals surface area contributed by atoms with Gasteiger partial charge in [-0.15, -0.1) is 17.0 Å². The van der Waals surface area contributed by atoms with E-state index in [2.05, 4.69) is 26.8 Å². The number of aromatic nitrogens is 2. The highest BCUT2D eigenvalue weighted by Gasteiger charge is 2.16. The van der Waals surface area contributed by atoms with Crippen molar-refractivity contribution in [3.05, 3.63) is 18.0 Å². The second-order valence-corrected chi connectivity index (χ2v) is 4.09. The van der Waals surface area contributed by atoms with Gasteiger partial charge in [-0.25, -0.2) is 9.97 Å². The van der Waals surface area contributed by atoms with Crippen LogP contribution in [0.2, 0.25) is 0 Å². The molecule has 1 aromatic rings. The Labute approximate surface area is 112 Å². The zero-order valence-electron chi connectivity index (χ0n) is 10.1. The molecule has 1 aliphatic heterocycles. The van der Waals surface area contributed by atoms with Crippen molar-refractivity contribution < 1.29 is 4.79 Å². The molecule has 0 radical (unpaired) electrons. The normalized spacial score (nSPS) is 16.5. The third-order valence-corrected chi connectivity index (χ3v) is 2.79. The summed E-state index contributed by atoms with van der Waals surface area (Å²) in [5.74, 6) is 0.651. The van der Waals surface area contributed by atoms with Gasteiger partial charge in [-0.2, -0.15) is 0 Å². The number of piperazine rings is 1. The second-order valence-electron chi connectivity index (χ2n) is 4.09. The molecular formula is C11H17BrN4O. The topological polar surface area (TPSA) is 49.3 Å². The predicted molar refractivity (Wildman–Crippen MR) is 72.1 cm³/mol. The van der Waals surface area contributed by atoms with Crippen molar-refractivity contribution >= 4 is 28.7 Å². The van der Waals surface area contributed by atoms with E-state index in [4.69, 9.17) is 0 Å². The molecule has 0 atom stereocenters. The van der Waals surface area contributed by atoms with Crippen LogP contribution in [-0.2, 0) is 0 Å². The number of Topliss-reactive ketones (excluding diaryl/α,β-unsaturated/α-hetero) is 1. The number of carbonyl (C=O) groups excluding carboxylic acids is 1. The lowest BCUT2D eigenvalue weighted by Crippen LogP contribution is -2.45. The lowest BCUT2D eigenvalue weighted by molar-refractivity contribution is 0.101. The molecule has 1 saturated heterocycles. The highest BCUT2D eigenvalue weighted by molar-refractivity contribution is 8.93. The molecule has 1 aliphatic rings. The van der Waals surface area contributed by atoms with Crippen LogP contribution >= 0.6 is 17.0 Å². The number of anilines is 1. The van der Waals surface area contributed by atoms with Gasteiger partial charge >= 0.3 is 0 Å². The number of carbonyl (C=O) groups is 1. The third-order valence-electron chi connectivity index (χ3n) is 2.79. The summed E-state index contributed by atoms with van der Waals surface area (Å²) in [6.45, 7) is 5.37. The highest BCUT2D eigenvalue weighted by Crippen LogP contribution is 2.10. The van der Waals surface area contributed by atoms with E-state index in [-0.39, 0.29) is 22.8 Å². The summed E-state index contributed by atoms with van der Waals surface area (Å²) in [7, 11) is 2.10. The standard InChI is InChI=1S/C11H16N4O.BrH/c1-9(16)10-3-4-12-11(13-10)15-7-5-14(2)6-8-15;/h3-4H,5-8H2,1-2H3;1H. The van der Waals surface area contributed by atoms with Crippen LogP contribution in [0.4, 0.5) is 5.95 Å². The average Bonchev–Trinajstić information content (AvgIpc) is 2.30. The summed E-state index contributed by atoms with van der Waals surface area (Å²) in [6.07, 6.45) is 1.65. The molecule has 0 saturated carbocycles. The van der Waals surface area contributed by atoms with Crippen molar-refractivity contribution in [2.45, 2.75) is 6.92 Å². The van der Waals surface area contributed by atoms with Gasteiger partial charge < -0.3 is 9.80 Å². The quantitative estimate of drug-likeness (QED) is 0.763. The Balaban J connectivity index is 0.00000144. The van der Waals surface area contributed by atoms with Crippen molar-refractivity contribution in [2.75, 3.05) is 38.1 Å². The molecule has 2 heterocycles. The maximum Gasteiger partial charge on any atom is 0.226 e. The zero-order chi connectivity index (χ0) is 11.5. The van der Waals surface area contributed by atoms with Crippen LogP contribution in [0.15, 0.2) is 12.3 Å². The molecule has 94 valence electrons. The molecular weight excluding hydrogens is 284 g/mol. The monoisotopic (exact) mass is 300 g/mol. The third kappa shape index (κ3) is 3.47. The van der Waals surface area contributed by atoms with Crippen LogP contribution in [0, 0.1) is 0 Å². The minimum Gasteiger partial charge on any atom is -0.338 e. The van der Waals surface area contributed by atoms with Crippen molar-refractivity contribution in [2.24, 2.45) is 0 Å². The first kappa shape index (κ1) is 14.1. The lowest BCUT2D eigenvalue weighted by atomic mass is 10.3. The van der Waals surface area contributed by atoms with E-state index in [1.807, 2.05) is 0 Å². The molecule has 1 aromatic heterocycles. The first-order chi connectivity index (χ1) is 7.66. The van der Waals surface area contributed by atoms with Crippen molar-refractivity contribution in [1.29, 1.82) is 0 Å². The van der Waals surface area contributed by atoms with Gasteiger partial charge in [0.1, 0.15) is 5.69 Å². The Kier molecular flexibility index (Phi) is 5.02. The smallest absolute Gasteiger partial charge is 0.226 e. The minimum absolute atomic E-state index is 0. The maximum atomic E-state index is 11.2. The van der Waals surface area contributed by atoms with E-state index < -0.39 is 0 Å². The molecule has 6 heteroatoms. The minimum atomic E-state index is -0.0159. The summed E-state index contributed by atoms with van der Waals surface area (Å²) >= 11 is 0. The van der Waals surface area contributed by atoms with Crippen LogP contribution < -0.4 is 4.90 Å². The number of hydrogen-bond donors (Lipinski definition) is 0. The molecule has 0 unspecified atom stereocenters. The SMILES string of the molecule is Br.CC(=O)c1ccnc(N2CCN(C)CC2)n1.